The molecule has 1 fully saturated rings. The van der Waals surface area contributed by atoms with E-state index in [1.165, 1.54) is 6.08 Å². The Morgan fingerprint density at radius 1 is 1.16 bits per heavy atom. The maximum atomic E-state index is 14.6. The van der Waals surface area contributed by atoms with Crippen molar-refractivity contribution in [3.8, 4) is 0 Å². The fourth-order valence-electron chi connectivity index (χ4n) is 4.78. The minimum Gasteiger partial charge on any atom is -0.410 e. The van der Waals surface area contributed by atoms with Crippen molar-refractivity contribution >= 4 is 14.1 Å². The van der Waals surface area contributed by atoms with Gasteiger partial charge in [0.25, 0.3) is 0 Å². The van der Waals surface area contributed by atoms with Gasteiger partial charge in [0.15, 0.2) is 5.78 Å². The summed E-state index contributed by atoms with van der Waals surface area (Å²) in [6, 6.07) is 0. The van der Waals surface area contributed by atoms with Gasteiger partial charge in [0.2, 0.25) is 8.32 Å². The Labute approximate surface area is 152 Å². The van der Waals surface area contributed by atoms with Crippen LogP contribution < -0.4 is 0 Å². The van der Waals surface area contributed by atoms with Gasteiger partial charge in [0.1, 0.15) is 11.4 Å². The fourth-order valence-corrected chi connectivity index (χ4v) is 10.5. The second-order valence-electron chi connectivity index (χ2n) is 8.95. The van der Waals surface area contributed by atoms with Crippen LogP contribution in [0.4, 0.5) is 4.39 Å². The van der Waals surface area contributed by atoms with Gasteiger partial charge in [-0.25, -0.2) is 4.39 Å². The van der Waals surface area contributed by atoms with E-state index < -0.39 is 25.3 Å². The summed E-state index contributed by atoms with van der Waals surface area (Å²) in [6.07, 6.45) is 4.21. The van der Waals surface area contributed by atoms with Crippen molar-refractivity contribution in [3.05, 3.63) is 24.1 Å². The number of halogens is 1. The molecule has 0 radical (unpaired) electrons. The van der Waals surface area contributed by atoms with Crippen LogP contribution in [0.3, 0.4) is 0 Å². The van der Waals surface area contributed by atoms with E-state index in [2.05, 4.69) is 41.5 Å². The van der Waals surface area contributed by atoms with Gasteiger partial charge in [-0.1, -0.05) is 41.5 Å². The predicted octanol–water partition coefficient (Wildman–Crippen LogP) is 5.48. The molecule has 0 aromatic carbocycles. The molecule has 0 unspecified atom stereocenters. The molecule has 1 aliphatic heterocycles. The summed E-state index contributed by atoms with van der Waals surface area (Å²) in [6.45, 7) is 17.4. The highest BCUT2D eigenvalue weighted by molar-refractivity contribution is 6.77. The lowest BCUT2D eigenvalue weighted by Crippen LogP contribution is -2.53. The first-order chi connectivity index (χ1) is 11.4. The van der Waals surface area contributed by atoms with Gasteiger partial charge >= 0.3 is 0 Å². The number of allylic oxidation sites excluding steroid dienone is 2. The molecule has 0 aromatic heterocycles. The van der Waals surface area contributed by atoms with Crippen molar-refractivity contribution in [2.75, 3.05) is 0 Å². The summed E-state index contributed by atoms with van der Waals surface area (Å²) in [4.78, 5) is 11.5. The van der Waals surface area contributed by atoms with Gasteiger partial charge < -0.3 is 9.16 Å². The molecule has 142 valence electrons. The zero-order valence-corrected chi connectivity index (χ0v) is 17.9. The van der Waals surface area contributed by atoms with Gasteiger partial charge in [-0.15, -0.1) is 0 Å². The van der Waals surface area contributed by atoms with Crippen molar-refractivity contribution in [3.63, 3.8) is 0 Å². The molecule has 5 heteroatoms. The van der Waals surface area contributed by atoms with E-state index in [0.717, 1.165) is 6.08 Å². The first-order valence-electron chi connectivity index (χ1n) is 9.36. The first kappa shape index (κ1) is 20.5. The van der Waals surface area contributed by atoms with E-state index in [0.29, 0.717) is 23.0 Å². The van der Waals surface area contributed by atoms with Gasteiger partial charge in [-0.3, -0.25) is 4.79 Å². The van der Waals surface area contributed by atoms with E-state index in [4.69, 9.17) is 9.16 Å². The maximum absolute atomic E-state index is 14.6. The standard InChI is InChI=1S/C20H33FO3Si/c1-13(2)25(14(3)4,15(5)6)23-18-12-20(24-19(18,7)8)10-9-16(22)11-17(20)21/h9-11,13-15,18H,12H2,1-8H3/t18-,20+/m1/s1. The molecule has 1 spiro atoms. The number of ketones is 1. The van der Waals surface area contributed by atoms with Crippen LogP contribution in [-0.2, 0) is 14.0 Å². The van der Waals surface area contributed by atoms with E-state index in [1.54, 1.807) is 6.08 Å². The molecular weight excluding hydrogens is 335 g/mol. The van der Waals surface area contributed by atoms with E-state index in [1.807, 2.05) is 13.8 Å². The molecule has 0 amide bonds. The minimum atomic E-state index is -2.11. The van der Waals surface area contributed by atoms with Crippen molar-refractivity contribution in [1.82, 2.24) is 0 Å². The van der Waals surface area contributed by atoms with Crippen molar-refractivity contribution < 1.29 is 18.3 Å². The lowest BCUT2D eigenvalue weighted by atomic mass is 9.90. The van der Waals surface area contributed by atoms with Crippen LogP contribution in [0.25, 0.3) is 0 Å². The topological polar surface area (TPSA) is 35.5 Å². The van der Waals surface area contributed by atoms with Crippen LogP contribution in [-0.4, -0.2) is 31.4 Å². The Balaban J connectivity index is 2.38. The maximum Gasteiger partial charge on any atom is 0.200 e. The van der Waals surface area contributed by atoms with Crippen LogP contribution >= 0.6 is 0 Å². The highest BCUT2D eigenvalue weighted by Gasteiger charge is 2.57. The Kier molecular flexibility index (Phi) is 5.54. The Bertz CT molecular complexity index is 570. The molecule has 2 atom stereocenters. The summed E-state index contributed by atoms with van der Waals surface area (Å²) < 4.78 is 27.7. The highest BCUT2D eigenvalue weighted by Crippen LogP contribution is 2.51. The zero-order chi connectivity index (χ0) is 19.2. The summed E-state index contributed by atoms with van der Waals surface area (Å²) in [5, 5.41) is 0. The van der Waals surface area contributed by atoms with E-state index in [-0.39, 0.29) is 11.9 Å². The fraction of sp³-hybridized carbons (Fsp3) is 0.750. The van der Waals surface area contributed by atoms with Gasteiger partial charge in [0, 0.05) is 12.5 Å². The monoisotopic (exact) mass is 368 g/mol. The first-order valence-corrected chi connectivity index (χ1v) is 11.5. The Morgan fingerprint density at radius 2 is 1.68 bits per heavy atom. The molecule has 2 aliphatic rings. The second-order valence-corrected chi connectivity index (χ2v) is 14.4. The van der Waals surface area contributed by atoms with Gasteiger partial charge in [0.05, 0.1) is 11.7 Å². The quantitative estimate of drug-likeness (QED) is 0.603. The van der Waals surface area contributed by atoms with Crippen molar-refractivity contribution in [2.45, 2.75) is 95.7 Å². The number of ether oxygens (including phenoxy) is 1. The Hall–Kier alpha value is -0.783. The van der Waals surface area contributed by atoms with Crippen LogP contribution in [0, 0.1) is 0 Å². The zero-order valence-electron chi connectivity index (χ0n) is 16.9. The summed E-state index contributed by atoms with van der Waals surface area (Å²) in [5.41, 5.74) is -0.434. The lowest BCUT2D eigenvalue weighted by Gasteiger charge is -2.46. The molecule has 1 heterocycles. The third-order valence-electron chi connectivity index (χ3n) is 5.95. The summed E-state index contributed by atoms with van der Waals surface area (Å²) in [7, 11) is -2.11. The third kappa shape index (κ3) is 3.43. The number of carbonyl (C=O) groups excluding carboxylic acids is 1. The molecule has 3 nitrogen and oxygen atoms in total. The highest BCUT2D eigenvalue weighted by atomic mass is 28.4. The van der Waals surface area contributed by atoms with Crippen LogP contribution in [0.15, 0.2) is 24.1 Å². The predicted molar refractivity (Wildman–Crippen MR) is 102 cm³/mol. The smallest absolute Gasteiger partial charge is 0.200 e. The normalized spacial score (nSPS) is 29.4. The van der Waals surface area contributed by atoms with Gasteiger partial charge in [-0.05, 0) is 42.6 Å². The molecule has 2 rings (SSSR count). The largest absolute Gasteiger partial charge is 0.410 e. The van der Waals surface area contributed by atoms with E-state index in [9.17, 15) is 9.18 Å². The average Bonchev–Trinajstić information content (AvgIpc) is 2.71. The molecule has 0 bridgehead atoms. The molecular formula is C20H33FO3Si. The number of hydrogen-bond acceptors (Lipinski definition) is 3. The SMILES string of the molecule is CC(C)[Si](O[C@@H]1C[C@]2(C=CC(=O)C=C2F)OC1(C)C)(C(C)C)C(C)C. The van der Waals surface area contributed by atoms with Crippen molar-refractivity contribution in [2.24, 2.45) is 0 Å². The second kappa shape index (κ2) is 6.75. The van der Waals surface area contributed by atoms with Crippen LogP contribution in [0.1, 0.15) is 61.8 Å². The molecule has 0 N–H and O–H groups in total. The Morgan fingerprint density at radius 3 is 2.12 bits per heavy atom. The molecule has 0 saturated carbocycles. The third-order valence-corrected chi connectivity index (χ3v) is 12.1. The number of rotatable bonds is 5. The van der Waals surface area contributed by atoms with E-state index >= 15 is 0 Å². The minimum absolute atomic E-state index is 0.205. The molecule has 0 aromatic rings. The van der Waals surface area contributed by atoms with Crippen LogP contribution in [0.5, 0.6) is 0 Å². The molecule has 1 saturated heterocycles. The van der Waals surface area contributed by atoms with Crippen LogP contribution in [0.2, 0.25) is 16.6 Å². The molecule has 1 aliphatic carbocycles. The molecule has 25 heavy (non-hydrogen) atoms. The summed E-state index contributed by atoms with van der Waals surface area (Å²) >= 11 is 0. The lowest BCUT2D eigenvalue weighted by molar-refractivity contribution is -0.112. The van der Waals surface area contributed by atoms with Gasteiger partial charge in [-0.2, -0.15) is 0 Å². The number of carbonyl (C=O) groups is 1. The van der Waals surface area contributed by atoms with Crippen molar-refractivity contribution in [1.29, 1.82) is 0 Å². The average molecular weight is 369 g/mol. The summed E-state index contributed by atoms with van der Waals surface area (Å²) in [5.74, 6) is -0.839. The number of hydrogen-bond donors (Lipinski definition) is 0.